The van der Waals surface area contributed by atoms with Crippen molar-refractivity contribution in [3.8, 4) is 5.75 Å². The lowest BCUT2D eigenvalue weighted by atomic mass is 10.1. The molecule has 0 atom stereocenters. The van der Waals surface area contributed by atoms with Crippen molar-refractivity contribution in [2.75, 3.05) is 20.3 Å². The van der Waals surface area contributed by atoms with Gasteiger partial charge in [-0.05, 0) is 34.9 Å². The highest BCUT2D eigenvalue weighted by molar-refractivity contribution is 8.26. The van der Waals surface area contributed by atoms with E-state index in [2.05, 4.69) is 0 Å². The number of methoxy groups -OCH3 is 1. The summed E-state index contributed by atoms with van der Waals surface area (Å²) in [5, 5.41) is 11.2. The van der Waals surface area contributed by atoms with Gasteiger partial charge >= 0.3 is 0 Å². The van der Waals surface area contributed by atoms with E-state index in [0.717, 1.165) is 11.1 Å². The SMILES string of the molecule is COCCN1C(=O)/C(=C/c2ccc(OCc3ccc(C(=O)[O-])cc3)c(Cl)c2)SC1=S. The average Bonchev–Trinajstić information content (AvgIpc) is 2.98. The van der Waals surface area contributed by atoms with Gasteiger partial charge in [0.25, 0.3) is 5.91 Å². The molecular weight excluding hydrogens is 446 g/mol. The number of benzene rings is 2. The second-order valence-electron chi connectivity index (χ2n) is 6.29. The highest BCUT2D eigenvalue weighted by Gasteiger charge is 2.31. The Balaban J connectivity index is 1.66. The van der Waals surface area contributed by atoms with E-state index in [4.69, 9.17) is 33.3 Å². The number of rotatable bonds is 8. The number of hydrogen-bond donors (Lipinski definition) is 0. The van der Waals surface area contributed by atoms with Crippen LogP contribution in [0.25, 0.3) is 6.08 Å². The molecule has 9 heteroatoms. The molecule has 0 aliphatic carbocycles. The predicted octanol–water partition coefficient (Wildman–Crippen LogP) is 3.13. The van der Waals surface area contributed by atoms with E-state index in [0.29, 0.717) is 33.1 Å². The molecule has 0 saturated carbocycles. The fourth-order valence-electron chi connectivity index (χ4n) is 2.65. The smallest absolute Gasteiger partial charge is 0.266 e. The first kappa shape index (κ1) is 22.3. The Labute approximate surface area is 188 Å². The molecule has 1 heterocycles. The van der Waals surface area contributed by atoms with Crippen LogP contribution < -0.4 is 9.84 Å². The number of thioether (sulfide) groups is 1. The molecule has 1 aliphatic heterocycles. The number of carbonyl (C=O) groups is 2. The summed E-state index contributed by atoms with van der Waals surface area (Å²) in [6, 6.07) is 11.4. The lowest BCUT2D eigenvalue weighted by Gasteiger charge is -2.13. The molecule has 156 valence electrons. The van der Waals surface area contributed by atoms with Crippen molar-refractivity contribution in [2.24, 2.45) is 0 Å². The van der Waals surface area contributed by atoms with Crippen molar-refractivity contribution in [1.82, 2.24) is 4.90 Å². The van der Waals surface area contributed by atoms with Crippen LogP contribution in [0.5, 0.6) is 5.75 Å². The van der Waals surface area contributed by atoms with Crippen molar-refractivity contribution in [3.05, 3.63) is 69.1 Å². The van der Waals surface area contributed by atoms with Crippen molar-refractivity contribution in [2.45, 2.75) is 6.61 Å². The maximum Gasteiger partial charge on any atom is 0.266 e. The second-order valence-corrected chi connectivity index (χ2v) is 8.37. The Hall–Kier alpha value is -2.39. The van der Waals surface area contributed by atoms with Gasteiger partial charge in [-0.2, -0.15) is 0 Å². The van der Waals surface area contributed by atoms with Gasteiger partial charge in [0.15, 0.2) is 0 Å². The van der Waals surface area contributed by atoms with Gasteiger partial charge in [0.2, 0.25) is 0 Å². The maximum absolute atomic E-state index is 12.5. The summed E-state index contributed by atoms with van der Waals surface area (Å²) in [5.74, 6) is -0.902. The van der Waals surface area contributed by atoms with Crippen molar-refractivity contribution in [1.29, 1.82) is 0 Å². The van der Waals surface area contributed by atoms with Gasteiger partial charge in [0.05, 0.1) is 29.0 Å². The molecule has 0 bridgehead atoms. The molecule has 2 aromatic carbocycles. The van der Waals surface area contributed by atoms with Crippen LogP contribution in [0.15, 0.2) is 47.4 Å². The zero-order valence-corrected chi connectivity index (χ0v) is 18.3. The van der Waals surface area contributed by atoms with Crippen LogP contribution in [0.4, 0.5) is 0 Å². The van der Waals surface area contributed by atoms with Gasteiger partial charge in [-0.25, -0.2) is 0 Å². The topological polar surface area (TPSA) is 78.9 Å². The number of thiocarbonyl (C=S) groups is 1. The number of ether oxygens (including phenoxy) is 2. The van der Waals surface area contributed by atoms with E-state index in [1.807, 2.05) is 0 Å². The molecule has 0 N–H and O–H groups in total. The molecule has 0 unspecified atom stereocenters. The lowest BCUT2D eigenvalue weighted by Crippen LogP contribution is -2.31. The van der Waals surface area contributed by atoms with Crippen LogP contribution in [0, 0.1) is 0 Å². The first-order valence-electron chi connectivity index (χ1n) is 8.86. The summed E-state index contributed by atoms with van der Waals surface area (Å²) >= 11 is 12.8. The van der Waals surface area contributed by atoms with Crippen LogP contribution in [-0.4, -0.2) is 41.4 Å². The van der Waals surface area contributed by atoms with Gasteiger partial charge in [-0.1, -0.05) is 65.9 Å². The molecular formula is C21H17ClNO5S2-. The third kappa shape index (κ3) is 5.40. The molecule has 0 aromatic heterocycles. The molecule has 30 heavy (non-hydrogen) atoms. The summed E-state index contributed by atoms with van der Waals surface area (Å²) in [4.78, 5) is 25.3. The molecule has 1 amide bonds. The Morgan fingerprint density at radius 3 is 2.63 bits per heavy atom. The number of carbonyl (C=O) groups excluding carboxylic acids is 2. The minimum absolute atomic E-state index is 0.105. The number of aromatic carboxylic acids is 1. The van der Waals surface area contributed by atoms with Gasteiger partial charge in [-0.15, -0.1) is 0 Å². The molecule has 1 saturated heterocycles. The number of hydrogen-bond acceptors (Lipinski definition) is 7. The fraction of sp³-hybridized carbons (Fsp3) is 0.190. The third-order valence-electron chi connectivity index (χ3n) is 4.23. The van der Waals surface area contributed by atoms with E-state index in [1.165, 1.54) is 28.8 Å². The zero-order chi connectivity index (χ0) is 21.7. The Morgan fingerprint density at radius 2 is 2.00 bits per heavy atom. The summed E-state index contributed by atoms with van der Waals surface area (Å²) in [6.45, 7) is 1.05. The predicted molar refractivity (Wildman–Crippen MR) is 118 cm³/mol. The summed E-state index contributed by atoms with van der Waals surface area (Å²) in [7, 11) is 1.57. The molecule has 0 radical (unpaired) electrons. The summed E-state index contributed by atoms with van der Waals surface area (Å²) in [6.07, 6.45) is 1.74. The normalized spacial score (nSPS) is 15.1. The summed E-state index contributed by atoms with van der Waals surface area (Å²) in [5.41, 5.74) is 1.64. The first-order chi connectivity index (χ1) is 14.4. The van der Waals surface area contributed by atoms with Crippen molar-refractivity contribution >= 4 is 57.9 Å². The molecule has 1 aliphatic rings. The Bertz CT molecular complexity index is 1010. The second kappa shape index (κ2) is 10.1. The number of carboxylic acids is 1. The van der Waals surface area contributed by atoms with E-state index < -0.39 is 5.97 Å². The largest absolute Gasteiger partial charge is 0.545 e. The Kier molecular flexibility index (Phi) is 7.49. The van der Waals surface area contributed by atoms with Crippen molar-refractivity contribution < 1.29 is 24.2 Å². The number of halogens is 1. The quantitative estimate of drug-likeness (QED) is 0.440. The monoisotopic (exact) mass is 462 g/mol. The highest BCUT2D eigenvalue weighted by Crippen LogP contribution is 2.34. The zero-order valence-electron chi connectivity index (χ0n) is 15.9. The maximum atomic E-state index is 12.5. The standard InChI is InChI=1S/C21H18ClNO5S2/c1-27-9-8-23-19(24)18(30-21(23)29)11-14-4-7-17(16(22)10-14)28-12-13-2-5-15(6-3-13)20(25)26/h2-7,10-11H,8-9,12H2,1H3,(H,25,26)/p-1/b18-11-. The van der Waals surface area contributed by atoms with Crippen molar-refractivity contribution in [3.63, 3.8) is 0 Å². The van der Waals surface area contributed by atoms with E-state index in [9.17, 15) is 14.7 Å². The molecule has 2 aromatic rings. The number of carboxylic acid groups (broad SMARTS) is 1. The van der Waals surface area contributed by atoms with E-state index in [-0.39, 0.29) is 18.1 Å². The third-order valence-corrected chi connectivity index (χ3v) is 5.90. The lowest BCUT2D eigenvalue weighted by molar-refractivity contribution is -0.255. The highest BCUT2D eigenvalue weighted by atomic mass is 35.5. The minimum atomic E-state index is -1.23. The van der Waals surface area contributed by atoms with E-state index >= 15 is 0 Å². The fourth-order valence-corrected chi connectivity index (χ4v) is 4.20. The first-order valence-corrected chi connectivity index (χ1v) is 10.5. The van der Waals surface area contributed by atoms with Gasteiger partial charge in [0.1, 0.15) is 16.7 Å². The molecule has 6 nitrogen and oxygen atoms in total. The van der Waals surface area contributed by atoms with Crippen LogP contribution in [0.1, 0.15) is 21.5 Å². The van der Waals surface area contributed by atoms with Gasteiger partial charge in [0, 0.05) is 7.11 Å². The van der Waals surface area contributed by atoms with Crippen LogP contribution >= 0.6 is 35.6 Å². The molecule has 1 fully saturated rings. The number of amides is 1. The van der Waals surface area contributed by atoms with Crippen LogP contribution in [0.3, 0.4) is 0 Å². The molecule has 0 spiro atoms. The van der Waals surface area contributed by atoms with Gasteiger partial charge < -0.3 is 19.4 Å². The van der Waals surface area contributed by atoms with E-state index in [1.54, 1.807) is 43.5 Å². The van der Waals surface area contributed by atoms with Crippen LogP contribution in [0.2, 0.25) is 5.02 Å². The molecule has 3 rings (SSSR count). The Morgan fingerprint density at radius 1 is 1.27 bits per heavy atom. The van der Waals surface area contributed by atoms with Crippen LogP contribution in [-0.2, 0) is 16.1 Å². The minimum Gasteiger partial charge on any atom is -0.545 e. The number of nitrogens with zero attached hydrogens (tertiary/aromatic N) is 1. The van der Waals surface area contributed by atoms with Gasteiger partial charge in [-0.3, -0.25) is 9.69 Å². The average molecular weight is 463 g/mol. The summed E-state index contributed by atoms with van der Waals surface area (Å²) < 4.78 is 11.2.